The number of hydrogen-bond acceptors (Lipinski definition) is 3. The second-order valence-corrected chi connectivity index (χ2v) is 6.39. The maximum atomic E-state index is 12.1. The minimum atomic E-state index is -0.228. The van der Waals surface area contributed by atoms with Crippen molar-refractivity contribution >= 4 is 5.97 Å². The molecule has 0 amide bonds. The quantitative estimate of drug-likeness (QED) is 0.798. The van der Waals surface area contributed by atoms with E-state index in [0.717, 1.165) is 18.5 Å². The molecule has 1 aliphatic carbocycles. The predicted octanol–water partition coefficient (Wildman–Crippen LogP) is 3.47. The first-order valence-corrected chi connectivity index (χ1v) is 8.14. The van der Waals surface area contributed by atoms with Crippen LogP contribution in [0.1, 0.15) is 61.5 Å². The molecule has 2 fully saturated rings. The Morgan fingerprint density at radius 2 is 2.19 bits per heavy atom. The molecule has 1 saturated heterocycles. The van der Waals surface area contributed by atoms with Gasteiger partial charge in [0.1, 0.15) is 5.69 Å². The number of aromatic nitrogens is 1. The Kier molecular flexibility index (Phi) is 4.07. The zero-order valence-corrected chi connectivity index (χ0v) is 13.1. The average molecular weight is 291 g/mol. The van der Waals surface area contributed by atoms with E-state index in [2.05, 4.69) is 0 Å². The summed E-state index contributed by atoms with van der Waals surface area (Å²) >= 11 is 0. The van der Waals surface area contributed by atoms with Gasteiger partial charge in [-0.2, -0.15) is 0 Å². The van der Waals surface area contributed by atoms with Crippen molar-refractivity contribution in [3.05, 3.63) is 23.5 Å². The van der Waals surface area contributed by atoms with Crippen LogP contribution in [0.4, 0.5) is 0 Å². The van der Waals surface area contributed by atoms with E-state index in [1.807, 2.05) is 30.7 Å². The molecule has 1 aromatic rings. The summed E-state index contributed by atoms with van der Waals surface area (Å²) in [6.07, 6.45) is 9.48. The lowest BCUT2D eigenvalue weighted by Gasteiger charge is -2.24. The fourth-order valence-electron chi connectivity index (χ4n) is 3.84. The van der Waals surface area contributed by atoms with Gasteiger partial charge in [0, 0.05) is 12.7 Å². The average Bonchev–Trinajstić information content (AvgIpc) is 3.15. The number of carbonyl (C=O) groups is 1. The molecule has 1 aromatic heterocycles. The van der Waals surface area contributed by atoms with Gasteiger partial charge < -0.3 is 14.0 Å². The number of hydrogen-bond donors (Lipinski definition) is 0. The van der Waals surface area contributed by atoms with E-state index in [1.165, 1.54) is 32.1 Å². The molecule has 21 heavy (non-hydrogen) atoms. The summed E-state index contributed by atoms with van der Waals surface area (Å²) < 4.78 is 13.5. The van der Waals surface area contributed by atoms with Crippen LogP contribution < -0.4 is 0 Å². The summed E-state index contributed by atoms with van der Waals surface area (Å²) in [5.74, 6) is -0.228. The van der Waals surface area contributed by atoms with Crippen LogP contribution in [0.25, 0.3) is 0 Å². The minimum Gasteiger partial charge on any atom is -0.461 e. The second kappa shape index (κ2) is 5.84. The van der Waals surface area contributed by atoms with Crippen molar-refractivity contribution in [2.75, 3.05) is 6.61 Å². The van der Waals surface area contributed by atoms with Crippen LogP contribution in [-0.2, 0) is 16.0 Å². The molecular formula is C17H25NO3. The molecule has 116 valence electrons. The molecule has 0 aromatic carbocycles. The number of aryl methyl sites for hydroxylation is 1. The van der Waals surface area contributed by atoms with E-state index >= 15 is 0 Å². The third-order valence-corrected chi connectivity index (χ3v) is 4.89. The van der Waals surface area contributed by atoms with E-state index in [9.17, 15) is 4.79 Å². The molecule has 1 saturated carbocycles. The highest BCUT2D eigenvalue weighted by molar-refractivity contribution is 5.89. The number of nitrogens with zero attached hydrogens (tertiary/aromatic N) is 1. The van der Waals surface area contributed by atoms with E-state index in [4.69, 9.17) is 9.47 Å². The highest BCUT2D eigenvalue weighted by Crippen LogP contribution is 2.43. The van der Waals surface area contributed by atoms with Gasteiger partial charge in [0.05, 0.1) is 18.3 Å². The van der Waals surface area contributed by atoms with Crippen LogP contribution in [0.3, 0.4) is 0 Å². The highest BCUT2D eigenvalue weighted by atomic mass is 16.5. The van der Waals surface area contributed by atoms with E-state index in [-0.39, 0.29) is 17.7 Å². The van der Waals surface area contributed by atoms with E-state index < -0.39 is 0 Å². The monoisotopic (exact) mass is 291 g/mol. The summed E-state index contributed by atoms with van der Waals surface area (Å²) in [6, 6.07) is 1.98. The van der Waals surface area contributed by atoms with Crippen molar-refractivity contribution in [2.45, 2.75) is 70.6 Å². The van der Waals surface area contributed by atoms with E-state index in [0.29, 0.717) is 12.3 Å². The Morgan fingerprint density at radius 1 is 1.43 bits per heavy atom. The van der Waals surface area contributed by atoms with Gasteiger partial charge >= 0.3 is 5.97 Å². The summed E-state index contributed by atoms with van der Waals surface area (Å²) in [6.45, 7) is 4.96. The highest BCUT2D eigenvalue weighted by Gasteiger charge is 2.42. The molecule has 0 N–H and O–H groups in total. The molecular weight excluding hydrogens is 266 g/mol. The predicted molar refractivity (Wildman–Crippen MR) is 80.4 cm³/mol. The third kappa shape index (κ3) is 2.86. The van der Waals surface area contributed by atoms with E-state index in [1.54, 1.807) is 0 Å². The van der Waals surface area contributed by atoms with Crippen LogP contribution in [-0.4, -0.2) is 28.8 Å². The van der Waals surface area contributed by atoms with Gasteiger partial charge in [-0.05, 0) is 51.2 Å². The van der Waals surface area contributed by atoms with Gasteiger partial charge in [-0.15, -0.1) is 0 Å². The van der Waals surface area contributed by atoms with Gasteiger partial charge in [-0.3, -0.25) is 0 Å². The molecule has 2 aliphatic rings. The maximum Gasteiger partial charge on any atom is 0.355 e. The summed E-state index contributed by atoms with van der Waals surface area (Å²) in [5.41, 5.74) is 1.80. The summed E-state index contributed by atoms with van der Waals surface area (Å²) in [7, 11) is 0. The zero-order chi connectivity index (χ0) is 14.9. The van der Waals surface area contributed by atoms with Crippen molar-refractivity contribution < 1.29 is 14.3 Å². The molecule has 4 heteroatoms. The molecule has 0 bridgehead atoms. The number of carbonyl (C=O) groups excluding carboxylic acids is 1. The first-order chi connectivity index (χ1) is 10.1. The van der Waals surface area contributed by atoms with Gasteiger partial charge in [-0.1, -0.05) is 12.8 Å². The molecule has 1 unspecified atom stereocenters. The lowest BCUT2D eigenvalue weighted by Crippen LogP contribution is -2.27. The van der Waals surface area contributed by atoms with Crippen LogP contribution >= 0.6 is 0 Å². The number of esters is 1. The molecule has 1 atom stereocenters. The number of ether oxygens (including phenoxy) is 2. The largest absolute Gasteiger partial charge is 0.461 e. The van der Waals surface area contributed by atoms with Crippen LogP contribution in [0.2, 0.25) is 0 Å². The number of rotatable bonds is 4. The molecule has 1 aliphatic heterocycles. The minimum absolute atomic E-state index is 0.150. The van der Waals surface area contributed by atoms with Crippen molar-refractivity contribution in [3.8, 4) is 0 Å². The summed E-state index contributed by atoms with van der Waals surface area (Å²) in [4.78, 5) is 12.1. The first-order valence-electron chi connectivity index (χ1n) is 8.14. The van der Waals surface area contributed by atoms with Crippen LogP contribution in [0.15, 0.2) is 12.3 Å². The van der Waals surface area contributed by atoms with Crippen molar-refractivity contribution in [2.24, 2.45) is 0 Å². The standard InChI is InChI=1S/C17H25NO3/c1-3-20-16(19)15-13(2)7-11-18(15)12-14-6-10-17(21-14)8-4-5-9-17/h7,11,14H,3-6,8-10,12H2,1-2H3. The smallest absolute Gasteiger partial charge is 0.355 e. The van der Waals surface area contributed by atoms with Crippen LogP contribution in [0, 0.1) is 6.92 Å². The van der Waals surface area contributed by atoms with Crippen molar-refractivity contribution in [3.63, 3.8) is 0 Å². The SMILES string of the molecule is CCOC(=O)c1c(C)ccn1CC1CCC2(CCCC2)O1. The Morgan fingerprint density at radius 3 is 2.90 bits per heavy atom. The normalized spacial score (nSPS) is 23.8. The molecule has 2 heterocycles. The Hall–Kier alpha value is -1.29. The Bertz CT molecular complexity index is 514. The summed E-state index contributed by atoms with van der Waals surface area (Å²) in [5, 5.41) is 0. The lowest BCUT2D eigenvalue weighted by molar-refractivity contribution is -0.0420. The van der Waals surface area contributed by atoms with Gasteiger partial charge in [0.2, 0.25) is 0 Å². The lowest BCUT2D eigenvalue weighted by atomic mass is 9.98. The zero-order valence-electron chi connectivity index (χ0n) is 13.1. The fourth-order valence-corrected chi connectivity index (χ4v) is 3.84. The third-order valence-electron chi connectivity index (χ3n) is 4.89. The molecule has 1 spiro atoms. The Labute approximate surface area is 126 Å². The van der Waals surface area contributed by atoms with Gasteiger partial charge in [0.15, 0.2) is 0 Å². The van der Waals surface area contributed by atoms with Crippen molar-refractivity contribution in [1.29, 1.82) is 0 Å². The van der Waals surface area contributed by atoms with Crippen molar-refractivity contribution in [1.82, 2.24) is 4.57 Å². The maximum absolute atomic E-state index is 12.1. The van der Waals surface area contributed by atoms with Gasteiger partial charge in [0.25, 0.3) is 0 Å². The molecule has 4 nitrogen and oxygen atoms in total. The Balaban J connectivity index is 1.70. The van der Waals surface area contributed by atoms with Gasteiger partial charge in [-0.25, -0.2) is 4.79 Å². The molecule has 0 radical (unpaired) electrons. The fraction of sp³-hybridized carbons (Fsp3) is 0.706. The first kappa shape index (κ1) is 14.6. The second-order valence-electron chi connectivity index (χ2n) is 6.39. The molecule has 3 rings (SSSR count). The topological polar surface area (TPSA) is 40.5 Å². The van der Waals surface area contributed by atoms with Crippen LogP contribution in [0.5, 0.6) is 0 Å².